The molecule has 9 heavy (non-hydrogen) atoms. The Balaban J connectivity index is -0.00000000450. The van der Waals surface area contributed by atoms with Crippen LogP contribution in [0.4, 0.5) is 4.79 Å². The predicted molar refractivity (Wildman–Crippen MR) is 22.5 cm³/mol. The molecule has 0 aliphatic rings. The number of hydrogen-bond acceptors (Lipinski definition) is 4. The van der Waals surface area contributed by atoms with Gasteiger partial charge in [0.25, 0.3) is 0 Å². The summed E-state index contributed by atoms with van der Waals surface area (Å²) in [6.07, 6.45) is -2.33. The first-order chi connectivity index (χ1) is 1.73. The Kier molecular flexibility index (Phi) is 196. The van der Waals surface area contributed by atoms with Crippen molar-refractivity contribution in [2.45, 2.75) is 0 Å². The van der Waals surface area contributed by atoms with Crippen LogP contribution in [0.5, 0.6) is 0 Å². The SMILES string of the molecule is O.O=C([O-])[O-].[Al+3].[Mg+2].[OH-].[Zn+2]. The van der Waals surface area contributed by atoms with Crippen LogP contribution in [0, 0.1) is 0 Å². The Morgan fingerprint density at radius 1 is 1.22 bits per heavy atom. The number of hydrogen-bond donors (Lipinski definition) is 0. The van der Waals surface area contributed by atoms with Crippen molar-refractivity contribution in [2.75, 3.05) is 0 Å². The molecule has 0 bridgehead atoms. The third-order valence-electron chi connectivity index (χ3n) is 0. The summed E-state index contributed by atoms with van der Waals surface area (Å²) in [6, 6.07) is 0. The van der Waals surface area contributed by atoms with Gasteiger partial charge in [-0.15, -0.1) is 0 Å². The third kappa shape index (κ3) is 373. The minimum Gasteiger partial charge on any atom is -0.870 e. The van der Waals surface area contributed by atoms with Crippen LogP contribution in [0.15, 0.2) is 0 Å². The summed E-state index contributed by atoms with van der Waals surface area (Å²) in [4.78, 5) is 8.33. The van der Waals surface area contributed by atoms with Gasteiger partial charge in [-0.05, 0) is 6.16 Å². The van der Waals surface area contributed by atoms with E-state index < -0.39 is 6.16 Å². The molecule has 0 heterocycles. The molecule has 5 nitrogen and oxygen atoms in total. The molecule has 3 N–H and O–H groups in total. The van der Waals surface area contributed by atoms with Crippen molar-refractivity contribution in [3.63, 3.8) is 0 Å². The molecule has 0 rings (SSSR count). The molecule has 0 atom stereocenters. The summed E-state index contributed by atoms with van der Waals surface area (Å²) in [5.74, 6) is 0. The zero-order valence-electron chi connectivity index (χ0n) is 4.66. The quantitative estimate of drug-likeness (QED) is 0.377. The van der Waals surface area contributed by atoms with E-state index in [1.54, 1.807) is 0 Å². The monoisotopic (exact) mass is 210 g/mol. The standard InChI is InChI=1S/CH2O3.Al.Mg.2H2O.Zn/c2-1(3)4;;;;;/h(H2,2,3,4);;;2*1H2;/q;+3;+2;;;+2/p-3. The summed E-state index contributed by atoms with van der Waals surface area (Å²) < 4.78 is 0. The number of rotatable bonds is 0. The Bertz CT molecular complexity index is 39.9. The molecule has 0 saturated heterocycles. The van der Waals surface area contributed by atoms with Crippen molar-refractivity contribution >= 4 is 46.6 Å². The van der Waals surface area contributed by atoms with E-state index in [1.165, 1.54) is 0 Å². The fraction of sp³-hybridized carbons (Fsp3) is 0. The van der Waals surface area contributed by atoms with Crippen LogP contribution in [0.25, 0.3) is 0 Å². The van der Waals surface area contributed by atoms with E-state index in [0.717, 1.165) is 0 Å². The molecular formula is CH3AlMgO5Zn+4. The van der Waals surface area contributed by atoms with Crippen LogP contribution >= 0.6 is 0 Å². The van der Waals surface area contributed by atoms with Gasteiger partial charge in [-0.1, -0.05) is 0 Å². The molecule has 0 radical (unpaired) electrons. The molecule has 0 aliphatic heterocycles. The van der Waals surface area contributed by atoms with Crippen LogP contribution < -0.4 is 10.2 Å². The van der Waals surface area contributed by atoms with Crippen molar-refractivity contribution in [3.8, 4) is 0 Å². The second-order valence-corrected chi connectivity index (χ2v) is 0.250. The van der Waals surface area contributed by atoms with E-state index in [-0.39, 0.29) is 70.8 Å². The maximum Gasteiger partial charge on any atom is 3.00 e. The Morgan fingerprint density at radius 2 is 1.22 bits per heavy atom. The van der Waals surface area contributed by atoms with Crippen molar-refractivity contribution in [2.24, 2.45) is 0 Å². The van der Waals surface area contributed by atoms with Gasteiger partial charge >= 0.3 is 59.9 Å². The van der Waals surface area contributed by atoms with E-state index in [4.69, 9.17) is 15.0 Å². The normalized spacial score (nSPS) is 2.67. The predicted octanol–water partition coefficient (Wildman–Crippen LogP) is -4.21. The molecule has 0 spiro atoms. The molecule has 0 aromatic heterocycles. The van der Waals surface area contributed by atoms with Crippen LogP contribution in [0.2, 0.25) is 0 Å². The van der Waals surface area contributed by atoms with Gasteiger partial charge in [0.15, 0.2) is 0 Å². The molecule has 8 heteroatoms. The zero-order valence-corrected chi connectivity index (χ0v) is 10.2. The van der Waals surface area contributed by atoms with Gasteiger partial charge < -0.3 is 26.0 Å². The second kappa shape index (κ2) is 35.5. The summed E-state index contributed by atoms with van der Waals surface area (Å²) in [7, 11) is 0. The topological polar surface area (TPSA) is 125 Å². The van der Waals surface area contributed by atoms with Crippen LogP contribution in [-0.4, -0.2) is 57.5 Å². The van der Waals surface area contributed by atoms with Crippen molar-refractivity contribution in [1.82, 2.24) is 0 Å². The van der Waals surface area contributed by atoms with Gasteiger partial charge in [0, 0.05) is 0 Å². The molecule has 0 unspecified atom stereocenters. The van der Waals surface area contributed by atoms with Gasteiger partial charge in [-0.25, -0.2) is 0 Å². The van der Waals surface area contributed by atoms with Gasteiger partial charge in [0.1, 0.15) is 0 Å². The first kappa shape index (κ1) is 49.7. The number of carboxylic acid groups (broad SMARTS) is 2. The molecular weight excluding hydrogens is 209 g/mol. The van der Waals surface area contributed by atoms with Gasteiger partial charge in [-0.3, -0.25) is 0 Å². The molecule has 0 aliphatic carbocycles. The molecule has 0 fully saturated rings. The van der Waals surface area contributed by atoms with E-state index in [1.807, 2.05) is 0 Å². The van der Waals surface area contributed by atoms with E-state index in [2.05, 4.69) is 0 Å². The number of carbonyl (C=O) groups excluding carboxylic acids is 1. The van der Waals surface area contributed by atoms with Crippen molar-refractivity contribution < 1.29 is 45.4 Å². The van der Waals surface area contributed by atoms with Crippen molar-refractivity contribution in [3.05, 3.63) is 0 Å². The van der Waals surface area contributed by atoms with E-state index in [9.17, 15) is 0 Å². The maximum atomic E-state index is 8.33. The van der Waals surface area contributed by atoms with E-state index >= 15 is 0 Å². The van der Waals surface area contributed by atoms with Crippen LogP contribution in [0.3, 0.4) is 0 Å². The zero-order chi connectivity index (χ0) is 3.58. The minimum absolute atomic E-state index is 0. The smallest absolute Gasteiger partial charge is 0.870 e. The van der Waals surface area contributed by atoms with Crippen molar-refractivity contribution in [1.29, 1.82) is 0 Å². The van der Waals surface area contributed by atoms with Gasteiger partial charge in [0.05, 0.1) is 0 Å². The second-order valence-electron chi connectivity index (χ2n) is 0.250. The van der Waals surface area contributed by atoms with E-state index in [0.29, 0.717) is 0 Å². The largest absolute Gasteiger partial charge is 3.00 e. The molecule has 0 aromatic rings. The van der Waals surface area contributed by atoms with Gasteiger partial charge in [-0.2, -0.15) is 0 Å². The number of carbonyl (C=O) groups is 1. The summed E-state index contributed by atoms with van der Waals surface area (Å²) in [5, 5.41) is 16.7. The molecule has 0 amide bonds. The Labute approximate surface area is 91.5 Å². The first-order valence-electron chi connectivity index (χ1n) is 0.612. The Morgan fingerprint density at radius 3 is 1.22 bits per heavy atom. The fourth-order valence-electron chi connectivity index (χ4n) is 0. The van der Waals surface area contributed by atoms with Gasteiger partial charge in [0.2, 0.25) is 0 Å². The summed E-state index contributed by atoms with van der Waals surface area (Å²) in [5.41, 5.74) is 0. The molecule has 0 aromatic carbocycles. The average Bonchev–Trinajstić information content (AvgIpc) is 0.811. The van der Waals surface area contributed by atoms with Crippen LogP contribution in [0.1, 0.15) is 0 Å². The average molecular weight is 212 g/mol. The fourth-order valence-corrected chi connectivity index (χ4v) is 0. The summed E-state index contributed by atoms with van der Waals surface area (Å²) in [6.45, 7) is 0. The summed E-state index contributed by atoms with van der Waals surface area (Å²) >= 11 is 0. The molecule has 0 saturated carbocycles. The third-order valence-corrected chi connectivity index (χ3v) is 0. The first-order valence-corrected chi connectivity index (χ1v) is 0.612. The molecule has 40 valence electrons. The minimum atomic E-state index is -2.33. The van der Waals surface area contributed by atoms with Crippen LogP contribution in [-0.2, 0) is 19.5 Å². The maximum absolute atomic E-state index is 8.33. The Hall–Kier alpha value is 1.11.